The zero-order valence-corrected chi connectivity index (χ0v) is 15.5. The number of rotatable bonds is 4. The van der Waals surface area contributed by atoms with Crippen molar-refractivity contribution in [2.75, 3.05) is 27.2 Å². The van der Waals surface area contributed by atoms with E-state index in [0.29, 0.717) is 25.9 Å². The first-order chi connectivity index (χ1) is 10.2. The van der Waals surface area contributed by atoms with Gasteiger partial charge in [0.15, 0.2) is 0 Å². The van der Waals surface area contributed by atoms with Crippen LogP contribution in [-0.2, 0) is 20.0 Å². The first-order valence-electron chi connectivity index (χ1n) is 6.94. The molecule has 0 spiro atoms. The molecule has 2 N–H and O–H groups in total. The largest absolute Gasteiger partial charge is 0.328 e. The van der Waals surface area contributed by atoms with Gasteiger partial charge in [-0.2, -0.15) is 4.31 Å². The number of sulfonamides is 2. The molecule has 0 radical (unpaired) electrons. The maximum atomic E-state index is 12.8. The molecule has 2 rings (SSSR count). The molecule has 1 aliphatic rings. The molecule has 1 fully saturated rings. The third-order valence-electron chi connectivity index (χ3n) is 3.72. The monoisotopic (exact) mass is 383 g/mol. The highest BCUT2D eigenvalue weighted by molar-refractivity contribution is 7.92. The van der Waals surface area contributed by atoms with E-state index >= 15 is 0 Å². The van der Waals surface area contributed by atoms with E-state index in [1.807, 2.05) is 0 Å². The quantitative estimate of drug-likeness (QED) is 0.814. The zero-order chi connectivity index (χ0) is 16.5. The van der Waals surface area contributed by atoms with E-state index in [2.05, 4.69) is 0 Å². The van der Waals surface area contributed by atoms with E-state index in [1.165, 1.54) is 42.7 Å². The molecular formula is C13H22ClN3O4S2. The lowest BCUT2D eigenvalue weighted by molar-refractivity contribution is 0.319. The average molecular weight is 384 g/mol. The molecule has 1 heterocycles. The second kappa shape index (κ2) is 7.45. The zero-order valence-electron chi connectivity index (χ0n) is 13.0. The maximum absolute atomic E-state index is 12.8. The van der Waals surface area contributed by atoms with Crippen LogP contribution in [0.2, 0.25) is 0 Å². The molecule has 132 valence electrons. The summed E-state index contributed by atoms with van der Waals surface area (Å²) < 4.78 is 52.6. The second-order valence-electron chi connectivity index (χ2n) is 5.48. The van der Waals surface area contributed by atoms with E-state index in [9.17, 15) is 16.8 Å². The Hall–Kier alpha value is -0.710. The minimum atomic E-state index is -3.86. The molecule has 0 saturated carbocycles. The average Bonchev–Trinajstić information content (AvgIpc) is 2.47. The molecule has 0 aromatic heterocycles. The SMILES string of the molecule is CN(C)S(=O)(=O)c1ccccc1S(=O)(=O)N1CCC(N)CC1.Cl. The molecule has 0 atom stereocenters. The van der Waals surface area contributed by atoms with E-state index in [-0.39, 0.29) is 28.2 Å². The molecule has 1 aromatic rings. The van der Waals surface area contributed by atoms with Gasteiger partial charge in [0.05, 0.1) is 0 Å². The topological polar surface area (TPSA) is 101 Å². The van der Waals surface area contributed by atoms with Crippen LogP contribution in [0.5, 0.6) is 0 Å². The normalized spacial score (nSPS) is 17.9. The van der Waals surface area contributed by atoms with Crippen LogP contribution in [0, 0.1) is 0 Å². The fourth-order valence-corrected chi connectivity index (χ4v) is 5.47. The van der Waals surface area contributed by atoms with Crippen LogP contribution in [-0.4, -0.2) is 58.7 Å². The maximum Gasteiger partial charge on any atom is 0.244 e. The molecule has 0 amide bonds. The number of hydrogen-bond acceptors (Lipinski definition) is 5. The van der Waals surface area contributed by atoms with Crippen LogP contribution in [0.25, 0.3) is 0 Å². The second-order valence-corrected chi connectivity index (χ2v) is 9.50. The molecule has 0 aliphatic carbocycles. The van der Waals surface area contributed by atoms with Gasteiger partial charge in [-0.1, -0.05) is 12.1 Å². The first kappa shape index (κ1) is 20.3. The van der Waals surface area contributed by atoms with Crippen molar-refractivity contribution >= 4 is 32.5 Å². The lowest BCUT2D eigenvalue weighted by Gasteiger charge is -2.30. The van der Waals surface area contributed by atoms with Gasteiger partial charge in [-0.25, -0.2) is 21.1 Å². The lowest BCUT2D eigenvalue weighted by atomic mass is 10.1. The summed E-state index contributed by atoms with van der Waals surface area (Å²) in [6.45, 7) is 0.611. The van der Waals surface area contributed by atoms with Crippen molar-refractivity contribution in [3.63, 3.8) is 0 Å². The number of nitrogens with zero attached hydrogens (tertiary/aromatic N) is 2. The van der Waals surface area contributed by atoms with Gasteiger partial charge in [0.2, 0.25) is 20.0 Å². The Labute approximate surface area is 144 Å². The van der Waals surface area contributed by atoms with Gasteiger partial charge in [-0.3, -0.25) is 0 Å². The van der Waals surface area contributed by atoms with Crippen LogP contribution in [0.15, 0.2) is 34.1 Å². The van der Waals surface area contributed by atoms with Crippen LogP contribution < -0.4 is 5.73 Å². The van der Waals surface area contributed by atoms with E-state index < -0.39 is 20.0 Å². The minimum Gasteiger partial charge on any atom is -0.328 e. The fraction of sp³-hybridized carbons (Fsp3) is 0.538. The molecule has 0 bridgehead atoms. The third kappa shape index (κ3) is 4.04. The van der Waals surface area contributed by atoms with Gasteiger partial charge in [-0.05, 0) is 25.0 Å². The molecule has 1 saturated heterocycles. The Morgan fingerprint density at radius 3 is 2.00 bits per heavy atom. The third-order valence-corrected chi connectivity index (χ3v) is 7.68. The van der Waals surface area contributed by atoms with Crippen molar-refractivity contribution in [1.29, 1.82) is 0 Å². The van der Waals surface area contributed by atoms with Crippen LogP contribution in [0.3, 0.4) is 0 Å². The van der Waals surface area contributed by atoms with Crippen molar-refractivity contribution < 1.29 is 16.8 Å². The van der Waals surface area contributed by atoms with Crippen molar-refractivity contribution in [1.82, 2.24) is 8.61 Å². The Kier molecular flexibility index (Phi) is 6.59. The van der Waals surface area contributed by atoms with Crippen molar-refractivity contribution in [3.05, 3.63) is 24.3 Å². The van der Waals surface area contributed by atoms with Gasteiger partial charge in [0.25, 0.3) is 0 Å². The molecule has 1 aromatic carbocycles. The Morgan fingerprint density at radius 1 is 1.04 bits per heavy atom. The molecule has 1 aliphatic heterocycles. The summed E-state index contributed by atoms with van der Waals surface area (Å²) in [5, 5.41) is 0. The summed E-state index contributed by atoms with van der Waals surface area (Å²) >= 11 is 0. The first-order valence-corrected chi connectivity index (χ1v) is 9.82. The summed E-state index contributed by atoms with van der Waals surface area (Å²) in [5.74, 6) is 0. The number of piperidine rings is 1. The van der Waals surface area contributed by atoms with Crippen LogP contribution in [0.1, 0.15) is 12.8 Å². The Bertz CT molecular complexity index is 742. The number of hydrogen-bond donors (Lipinski definition) is 1. The molecule has 23 heavy (non-hydrogen) atoms. The lowest BCUT2D eigenvalue weighted by Crippen LogP contribution is -2.43. The molecule has 10 heteroatoms. The predicted molar refractivity (Wildman–Crippen MR) is 90.5 cm³/mol. The molecular weight excluding hydrogens is 362 g/mol. The summed E-state index contributed by atoms with van der Waals surface area (Å²) in [4.78, 5) is -0.381. The fourth-order valence-electron chi connectivity index (χ4n) is 2.33. The highest BCUT2D eigenvalue weighted by Crippen LogP contribution is 2.27. The van der Waals surface area contributed by atoms with E-state index in [4.69, 9.17) is 5.73 Å². The molecule has 0 unspecified atom stereocenters. The van der Waals surface area contributed by atoms with Crippen LogP contribution >= 0.6 is 12.4 Å². The highest BCUT2D eigenvalue weighted by Gasteiger charge is 2.33. The standard InChI is InChI=1S/C13H21N3O4S2.ClH/c1-15(2)21(17,18)12-5-3-4-6-13(12)22(19,20)16-9-7-11(14)8-10-16;/h3-6,11H,7-10,14H2,1-2H3;1H. The molecule has 7 nitrogen and oxygen atoms in total. The van der Waals surface area contributed by atoms with E-state index in [0.717, 1.165) is 4.31 Å². The summed E-state index contributed by atoms with van der Waals surface area (Å²) in [6, 6.07) is 5.68. The van der Waals surface area contributed by atoms with Gasteiger partial charge < -0.3 is 5.73 Å². The highest BCUT2D eigenvalue weighted by atomic mass is 35.5. The smallest absolute Gasteiger partial charge is 0.244 e. The van der Waals surface area contributed by atoms with Gasteiger partial charge in [0, 0.05) is 33.2 Å². The van der Waals surface area contributed by atoms with Gasteiger partial charge >= 0.3 is 0 Å². The predicted octanol–water partition coefficient (Wildman–Crippen LogP) is 0.471. The van der Waals surface area contributed by atoms with E-state index in [1.54, 1.807) is 0 Å². The Morgan fingerprint density at radius 2 is 1.52 bits per heavy atom. The summed E-state index contributed by atoms with van der Waals surface area (Å²) in [6.07, 6.45) is 1.14. The van der Waals surface area contributed by atoms with Crippen molar-refractivity contribution in [3.8, 4) is 0 Å². The number of nitrogens with two attached hydrogens (primary N) is 1. The van der Waals surface area contributed by atoms with Crippen molar-refractivity contribution in [2.24, 2.45) is 5.73 Å². The minimum absolute atomic E-state index is 0. The number of benzene rings is 1. The number of halogens is 1. The van der Waals surface area contributed by atoms with Gasteiger partial charge in [-0.15, -0.1) is 12.4 Å². The summed E-state index contributed by atoms with van der Waals surface area (Å²) in [5.41, 5.74) is 5.79. The van der Waals surface area contributed by atoms with Crippen molar-refractivity contribution in [2.45, 2.75) is 28.7 Å². The van der Waals surface area contributed by atoms with Crippen LogP contribution in [0.4, 0.5) is 0 Å². The summed E-state index contributed by atoms with van der Waals surface area (Å²) in [7, 11) is -4.95. The van der Waals surface area contributed by atoms with Gasteiger partial charge in [0.1, 0.15) is 9.79 Å². The Balaban J connectivity index is 0.00000264.